The summed E-state index contributed by atoms with van der Waals surface area (Å²) in [7, 11) is 0. The first-order valence-corrected chi connectivity index (χ1v) is 4.12. The van der Waals surface area contributed by atoms with Crippen LogP contribution in [0.15, 0.2) is 29.4 Å². The number of nitrogens with zero attached hydrogens (tertiary/aromatic N) is 1. The third-order valence-corrected chi connectivity index (χ3v) is 1.51. The Morgan fingerprint density at radius 1 is 1.64 bits per heavy atom. The minimum absolute atomic E-state index is 0.414. The second-order valence-corrected chi connectivity index (χ2v) is 2.82. The van der Waals surface area contributed by atoms with Crippen molar-refractivity contribution in [1.82, 2.24) is 0 Å². The highest BCUT2D eigenvalue weighted by Crippen LogP contribution is 2.00. The fourth-order valence-electron chi connectivity index (χ4n) is 0.941. The molecule has 14 heavy (non-hydrogen) atoms. The zero-order valence-corrected chi connectivity index (χ0v) is 7.80. The van der Waals surface area contributed by atoms with E-state index in [1.54, 1.807) is 0 Å². The standard InChI is InChI=1S/C10H11NO3/c1-8-3-2-4-9(5-8)6-11-14-7-10(12)13/h2-6H,7H2,1H3,(H,12,13). The van der Waals surface area contributed by atoms with E-state index in [1.807, 2.05) is 31.2 Å². The Kier molecular flexibility index (Phi) is 3.67. The third kappa shape index (κ3) is 3.71. The number of hydrogen-bond donors (Lipinski definition) is 1. The molecule has 0 atom stereocenters. The summed E-state index contributed by atoms with van der Waals surface area (Å²) >= 11 is 0. The molecule has 1 aromatic rings. The van der Waals surface area contributed by atoms with Gasteiger partial charge in [-0.1, -0.05) is 35.0 Å². The molecular weight excluding hydrogens is 182 g/mol. The Bertz CT molecular complexity index is 347. The summed E-state index contributed by atoms with van der Waals surface area (Å²) in [5.41, 5.74) is 2.00. The van der Waals surface area contributed by atoms with Crippen LogP contribution >= 0.6 is 0 Å². The highest BCUT2D eigenvalue weighted by Gasteiger charge is 1.93. The summed E-state index contributed by atoms with van der Waals surface area (Å²) in [6.07, 6.45) is 1.48. The second-order valence-electron chi connectivity index (χ2n) is 2.82. The SMILES string of the molecule is Cc1cccc(C=NOCC(=O)O)c1. The predicted octanol–water partition coefficient (Wildman–Crippen LogP) is 1.43. The van der Waals surface area contributed by atoms with Crippen molar-refractivity contribution in [3.05, 3.63) is 35.4 Å². The maximum Gasteiger partial charge on any atom is 0.344 e. The van der Waals surface area contributed by atoms with Gasteiger partial charge in [-0.05, 0) is 12.5 Å². The summed E-state index contributed by atoms with van der Waals surface area (Å²) < 4.78 is 0. The molecule has 0 bridgehead atoms. The fourth-order valence-corrected chi connectivity index (χ4v) is 0.941. The molecule has 0 aliphatic carbocycles. The Balaban J connectivity index is 2.47. The summed E-state index contributed by atoms with van der Waals surface area (Å²) in [4.78, 5) is 14.6. The van der Waals surface area contributed by atoms with Crippen molar-refractivity contribution in [3.8, 4) is 0 Å². The van der Waals surface area contributed by atoms with E-state index in [9.17, 15) is 4.79 Å². The summed E-state index contributed by atoms with van der Waals surface area (Å²) in [5.74, 6) is -1.04. The molecule has 0 amide bonds. The largest absolute Gasteiger partial charge is 0.479 e. The van der Waals surface area contributed by atoms with Crippen LogP contribution in [0.3, 0.4) is 0 Å². The maximum atomic E-state index is 10.1. The van der Waals surface area contributed by atoms with Gasteiger partial charge in [0.1, 0.15) is 0 Å². The van der Waals surface area contributed by atoms with Crippen molar-refractivity contribution in [2.75, 3.05) is 6.61 Å². The zero-order valence-electron chi connectivity index (χ0n) is 7.80. The van der Waals surface area contributed by atoms with E-state index in [-0.39, 0.29) is 0 Å². The van der Waals surface area contributed by atoms with E-state index in [0.29, 0.717) is 0 Å². The maximum absolute atomic E-state index is 10.1. The van der Waals surface area contributed by atoms with Crippen LogP contribution in [0, 0.1) is 6.92 Å². The van der Waals surface area contributed by atoms with Crippen LogP contribution in [0.1, 0.15) is 11.1 Å². The first kappa shape index (κ1) is 10.2. The van der Waals surface area contributed by atoms with Gasteiger partial charge in [0.05, 0.1) is 6.21 Å². The number of carboxylic acid groups (broad SMARTS) is 1. The van der Waals surface area contributed by atoms with Crippen LogP contribution in [0.5, 0.6) is 0 Å². The Hall–Kier alpha value is -1.84. The van der Waals surface area contributed by atoms with E-state index in [1.165, 1.54) is 6.21 Å². The smallest absolute Gasteiger partial charge is 0.344 e. The third-order valence-electron chi connectivity index (χ3n) is 1.51. The summed E-state index contributed by atoms with van der Waals surface area (Å²) in [5, 5.41) is 11.8. The van der Waals surface area contributed by atoms with Crippen molar-refractivity contribution in [3.63, 3.8) is 0 Å². The first-order valence-electron chi connectivity index (χ1n) is 4.12. The number of rotatable bonds is 4. The van der Waals surface area contributed by atoms with E-state index in [0.717, 1.165) is 11.1 Å². The molecule has 0 aromatic heterocycles. The van der Waals surface area contributed by atoms with Crippen molar-refractivity contribution >= 4 is 12.2 Å². The Morgan fingerprint density at radius 3 is 3.07 bits per heavy atom. The molecule has 0 spiro atoms. The molecule has 1 rings (SSSR count). The molecule has 0 aliphatic heterocycles. The van der Waals surface area contributed by atoms with Gasteiger partial charge < -0.3 is 9.94 Å². The molecule has 0 unspecified atom stereocenters. The van der Waals surface area contributed by atoms with Crippen molar-refractivity contribution in [2.45, 2.75) is 6.92 Å². The van der Waals surface area contributed by atoms with Gasteiger partial charge in [-0.3, -0.25) is 0 Å². The van der Waals surface area contributed by atoms with Gasteiger partial charge in [0, 0.05) is 0 Å². The number of oxime groups is 1. The number of benzene rings is 1. The van der Waals surface area contributed by atoms with Crippen LogP contribution < -0.4 is 0 Å². The molecular formula is C10H11NO3. The lowest BCUT2D eigenvalue weighted by Crippen LogP contribution is -2.03. The van der Waals surface area contributed by atoms with Crippen molar-refractivity contribution in [1.29, 1.82) is 0 Å². The van der Waals surface area contributed by atoms with Crippen LogP contribution in [0.4, 0.5) is 0 Å². The molecule has 1 N–H and O–H groups in total. The molecule has 0 radical (unpaired) electrons. The molecule has 0 aliphatic rings. The van der Waals surface area contributed by atoms with E-state index in [4.69, 9.17) is 5.11 Å². The number of aryl methyl sites for hydroxylation is 1. The quantitative estimate of drug-likeness (QED) is 0.581. The van der Waals surface area contributed by atoms with Crippen LogP contribution in [0.25, 0.3) is 0 Å². The molecule has 0 heterocycles. The Morgan fingerprint density at radius 2 is 2.43 bits per heavy atom. The van der Waals surface area contributed by atoms with Gasteiger partial charge in [0.15, 0.2) is 0 Å². The normalized spacial score (nSPS) is 10.4. The topological polar surface area (TPSA) is 58.9 Å². The lowest BCUT2D eigenvalue weighted by Gasteiger charge is -1.95. The van der Waals surface area contributed by atoms with Crippen LogP contribution in [0.2, 0.25) is 0 Å². The summed E-state index contributed by atoms with van der Waals surface area (Å²) in [6.45, 7) is 1.55. The molecule has 1 aromatic carbocycles. The van der Waals surface area contributed by atoms with Crippen LogP contribution in [-0.4, -0.2) is 23.9 Å². The average Bonchev–Trinajstić information content (AvgIpc) is 2.12. The van der Waals surface area contributed by atoms with E-state index in [2.05, 4.69) is 9.99 Å². The number of aliphatic carboxylic acids is 1. The average molecular weight is 193 g/mol. The Labute approximate surface area is 81.8 Å². The van der Waals surface area contributed by atoms with Gasteiger partial charge in [0.2, 0.25) is 6.61 Å². The van der Waals surface area contributed by atoms with Gasteiger partial charge in [-0.15, -0.1) is 0 Å². The number of carboxylic acids is 1. The molecule has 74 valence electrons. The molecule has 4 heteroatoms. The minimum atomic E-state index is -1.04. The lowest BCUT2D eigenvalue weighted by atomic mass is 10.2. The second kappa shape index (κ2) is 5.01. The summed E-state index contributed by atoms with van der Waals surface area (Å²) in [6, 6.07) is 7.65. The molecule has 0 saturated heterocycles. The highest BCUT2D eigenvalue weighted by molar-refractivity contribution is 5.79. The minimum Gasteiger partial charge on any atom is -0.479 e. The van der Waals surface area contributed by atoms with Gasteiger partial charge in [0.25, 0.3) is 0 Å². The van der Waals surface area contributed by atoms with Crippen molar-refractivity contribution in [2.24, 2.45) is 5.16 Å². The predicted molar refractivity (Wildman–Crippen MR) is 52.4 cm³/mol. The molecule has 4 nitrogen and oxygen atoms in total. The fraction of sp³-hybridized carbons (Fsp3) is 0.200. The first-order chi connectivity index (χ1) is 6.68. The van der Waals surface area contributed by atoms with Gasteiger partial charge in [-0.25, -0.2) is 4.79 Å². The van der Waals surface area contributed by atoms with Crippen molar-refractivity contribution < 1.29 is 14.7 Å². The highest BCUT2D eigenvalue weighted by atomic mass is 16.6. The monoisotopic (exact) mass is 193 g/mol. The number of hydrogen-bond acceptors (Lipinski definition) is 3. The van der Waals surface area contributed by atoms with Gasteiger partial charge >= 0.3 is 5.97 Å². The molecule has 0 saturated carbocycles. The van der Waals surface area contributed by atoms with E-state index >= 15 is 0 Å². The lowest BCUT2D eigenvalue weighted by molar-refractivity contribution is -0.142. The van der Waals surface area contributed by atoms with Gasteiger partial charge in [-0.2, -0.15) is 0 Å². The number of carbonyl (C=O) groups is 1. The zero-order chi connectivity index (χ0) is 10.4. The van der Waals surface area contributed by atoms with Crippen LogP contribution in [-0.2, 0) is 9.63 Å². The molecule has 0 fully saturated rings. The van der Waals surface area contributed by atoms with E-state index < -0.39 is 12.6 Å².